The van der Waals surface area contributed by atoms with Crippen LogP contribution in [0.1, 0.15) is 21.0 Å². The standard InChI is InChI=1S/C12H12N4O3/c17-11(9-3-1-2-4-13-9)14-5-6-16-7-10(12(18)19)15-8-16/h1-4,7-8H,5-6H2,(H,14,17)(H,18,19). The summed E-state index contributed by atoms with van der Waals surface area (Å²) in [6, 6.07) is 5.09. The molecule has 0 aliphatic carbocycles. The van der Waals surface area contributed by atoms with Crippen molar-refractivity contribution in [3.05, 3.63) is 48.3 Å². The number of imidazole rings is 1. The Kier molecular flexibility index (Phi) is 3.87. The SMILES string of the molecule is O=C(O)c1cn(CCNC(=O)c2ccccn2)cn1. The lowest BCUT2D eigenvalue weighted by molar-refractivity contribution is 0.0690. The predicted octanol–water partition coefficient (Wildman–Crippen LogP) is 0.406. The molecule has 7 nitrogen and oxygen atoms in total. The third kappa shape index (κ3) is 3.38. The fourth-order valence-corrected chi connectivity index (χ4v) is 1.48. The number of aromatic carboxylic acids is 1. The number of aromatic nitrogens is 3. The van der Waals surface area contributed by atoms with Gasteiger partial charge in [-0.2, -0.15) is 0 Å². The lowest BCUT2D eigenvalue weighted by Gasteiger charge is -2.04. The van der Waals surface area contributed by atoms with Crippen LogP contribution in [0.15, 0.2) is 36.9 Å². The van der Waals surface area contributed by atoms with Crippen molar-refractivity contribution in [2.24, 2.45) is 0 Å². The molecule has 98 valence electrons. The van der Waals surface area contributed by atoms with Gasteiger partial charge in [0, 0.05) is 25.5 Å². The van der Waals surface area contributed by atoms with Crippen molar-refractivity contribution in [2.75, 3.05) is 6.54 Å². The summed E-state index contributed by atoms with van der Waals surface area (Å²) in [5.41, 5.74) is 0.329. The molecule has 0 atom stereocenters. The zero-order valence-electron chi connectivity index (χ0n) is 9.98. The molecule has 0 saturated heterocycles. The summed E-state index contributed by atoms with van der Waals surface area (Å²) in [4.78, 5) is 29.9. The molecule has 2 aromatic heterocycles. The topological polar surface area (TPSA) is 97.1 Å². The van der Waals surface area contributed by atoms with Crippen molar-refractivity contribution in [2.45, 2.75) is 6.54 Å². The quantitative estimate of drug-likeness (QED) is 0.811. The van der Waals surface area contributed by atoms with E-state index in [1.54, 1.807) is 29.0 Å². The number of hydrogen-bond donors (Lipinski definition) is 2. The molecule has 0 saturated carbocycles. The third-order valence-electron chi connectivity index (χ3n) is 2.41. The Labute approximate surface area is 108 Å². The maximum absolute atomic E-state index is 11.7. The van der Waals surface area contributed by atoms with E-state index < -0.39 is 5.97 Å². The molecule has 0 aliphatic heterocycles. The van der Waals surface area contributed by atoms with E-state index in [9.17, 15) is 9.59 Å². The van der Waals surface area contributed by atoms with Gasteiger partial charge in [0.05, 0.1) is 6.33 Å². The molecule has 0 aliphatic rings. The largest absolute Gasteiger partial charge is 0.476 e. The molecule has 0 radical (unpaired) electrons. The van der Waals surface area contributed by atoms with Crippen molar-refractivity contribution >= 4 is 11.9 Å². The fraction of sp³-hybridized carbons (Fsp3) is 0.167. The summed E-state index contributed by atoms with van der Waals surface area (Å²) in [6.45, 7) is 0.809. The van der Waals surface area contributed by atoms with Crippen LogP contribution in [-0.4, -0.2) is 38.1 Å². The number of carbonyl (C=O) groups excluding carboxylic acids is 1. The lowest BCUT2D eigenvalue weighted by atomic mass is 10.3. The van der Waals surface area contributed by atoms with Crippen molar-refractivity contribution in [1.82, 2.24) is 19.9 Å². The van der Waals surface area contributed by atoms with Gasteiger partial charge in [-0.05, 0) is 12.1 Å². The van der Waals surface area contributed by atoms with E-state index in [1.807, 2.05) is 0 Å². The second-order valence-electron chi connectivity index (χ2n) is 3.77. The average Bonchev–Trinajstić information content (AvgIpc) is 2.89. The minimum atomic E-state index is -1.07. The maximum Gasteiger partial charge on any atom is 0.356 e. The molecule has 0 unspecified atom stereocenters. The monoisotopic (exact) mass is 260 g/mol. The molecular formula is C12H12N4O3. The van der Waals surface area contributed by atoms with Gasteiger partial charge in [-0.1, -0.05) is 6.07 Å². The van der Waals surface area contributed by atoms with Gasteiger partial charge < -0.3 is 15.0 Å². The van der Waals surface area contributed by atoms with Crippen molar-refractivity contribution in [3.8, 4) is 0 Å². The molecule has 0 spiro atoms. The Morgan fingerprint density at radius 1 is 1.26 bits per heavy atom. The zero-order chi connectivity index (χ0) is 13.7. The second-order valence-corrected chi connectivity index (χ2v) is 3.77. The number of hydrogen-bond acceptors (Lipinski definition) is 4. The first kappa shape index (κ1) is 12.7. The van der Waals surface area contributed by atoms with Gasteiger partial charge in [-0.3, -0.25) is 9.78 Å². The zero-order valence-corrected chi connectivity index (χ0v) is 9.98. The van der Waals surface area contributed by atoms with E-state index in [1.165, 1.54) is 12.5 Å². The van der Waals surface area contributed by atoms with Gasteiger partial charge in [0.15, 0.2) is 5.69 Å². The van der Waals surface area contributed by atoms with E-state index in [4.69, 9.17) is 5.11 Å². The Morgan fingerprint density at radius 2 is 2.11 bits per heavy atom. The summed E-state index contributed by atoms with van der Waals surface area (Å²) in [6.07, 6.45) is 4.37. The molecule has 7 heteroatoms. The number of nitrogens with zero attached hydrogens (tertiary/aromatic N) is 3. The number of carboxylic acids is 1. The first-order chi connectivity index (χ1) is 9.16. The summed E-state index contributed by atoms with van der Waals surface area (Å²) in [7, 11) is 0. The van der Waals surface area contributed by atoms with Gasteiger partial charge in [0.25, 0.3) is 5.91 Å². The Hall–Kier alpha value is -2.70. The van der Waals surface area contributed by atoms with Crippen LogP contribution in [0.25, 0.3) is 0 Å². The molecule has 0 fully saturated rings. The number of amides is 1. The minimum absolute atomic E-state index is 0.0175. The van der Waals surface area contributed by atoms with Gasteiger partial charge >= 0.3 is 5.97 Å². The maximum atomic E-state index is 11.7. The smallest absolute Gasteiger partial charge is 0.356 e. The van der Waals surface area contributed by atoms with E-state index >= 15 is 0 Å². The summed E-state index contributed by atoms with van der Waals surface area (Å²) in [5, 5.41) is 11.4. The predicted molar refractivity (Wildman–Crippen MR) is 65.8 cm³/mol. The minimum Gasteiger partial charge on any atom is -0.476 e. The van der Waals surface area contributed by atoms with Crippen molar-refractivity contribution < 1.29 is 14.7 Å². The Bertz CT molecular complexity index is 580. The number of carbonyl (C=O) groups is 2. The number of carboxylic acid groups (broad SMARTS) is 1. The highest BCUT2D eigenvalue weighted by molar-refractivity contribution is 5.92. The Balaban J connectivity index is 1.83. The first-order valence-electron chi connectivity index (χ1n) is 5.61. The van der Waals surface area contributed by atoms with Crippen LogP contribution in [0.2, 0.25) is 0 Å². The van der Waals surface area contributed by atoms with Gasteiger partial charge in [0.1, 0.15) is 5.69 Å². The summed E-state index contributed by atoms with van der Waals surface area (Å²) < 4.78 is 1.60. The van der Waals surface area contributed by atoms with Gasteiger partial charge in [0.2, 0.25) is 0 Å². The van der Waals surface area contributed by atoms with E-state index in [0.717, 1.165) is 0 Å². The van der Waals surface area contributed by atoms with Crippen LogP contribution in [0, 0.1) is 0 Å². The molecule has 2 aromatic rings. The molecule has 19 heavy (non-hydrogen) atoms. The normalized spacial score (nSPS) is 10.1. The molecular weight excluding hydrogens is 248 g/mol. The van der Waals surface area contributed by atoms with E-state index in [-0.39, 0.29) is 11.6 Å². The van der Waals surface area contributed by atoms with Crippen LogP contribution in [0.3, 0.4) is 0 Å². The molecule has 2 N–H and O–H groups in total. The van der Waals surface area contributed by atoms with Crippen molar-refractivity contribution in [3.63, 3.8) is 0 Å². The third-order valence-corrected chi connectivity index (χ3v) is 2.41. The lowest BCUT2D eigenvalue weighted by Crippen LogP contribution is -2.27. The fourth-order valence-electron chi connectivity index (χ4n) is 1.48. The number of rotatable bonds is 5. The molecule has 0 bridgehead atoms. The van der Waals surface area contributed by atoms with Crippen LogP contribution in [0.5, 0.6) is 0 Å². The first-order valence-corrected chi connectivity index (χ1v) is 5.61. The highest BCUT2D eigenvalue weighted by Gasteiger charge is 2.07. The van der Waals surface area contributed by atoms with Crippen LogP contribution in [0.4, 0.5) is 0 Å². The van der Waals surface area contributed by atoms with Gasteiger partial charge in [-0.25, -0.2) is 9.78 Å². The molecule has 2 heterocycles. The molecule has 0 aromatic carbocycles. The highest BCUT2D eigenvalue weighted by atomic mass is 16.4. The Morgan fingerprint density at radius 3 is 2.74 bits per heavy atom. The van der Waals surface area contributed by atoms with E-state index in [0.29, 0.717) is 18.8 Å². The van der Waals surface area contributed by atoms with Crippen LogP contribution >= 0.6 is 0 Å². The van der Waals surface area contributed by atoms with Gasteiger partial charge in [-0.15, -0.1) is 0 Å². The second kappa shape index (κ2) is 5.76. The molecule has 2 rings (SSSR count). The average molecular weight is 260 g/mol. The van der Waals surface area contributed by atoms with E-state index in [2.05, 4.69) is 15.3 Å². The number of nitrogens with one attached hydrogen (secondary N) is 1. The van der Waals surface area contributed by atoms with Crippen LogP contribution < -0.4 is 5.32 Å². The molecule has 1 amide bonds. The highest BCUT2D eigenvalue weighted by Crippen LogP contribution is 1.96. The summed E-state index contributed by atoms with van der Waals surface area (Å²) >= 11 is 0. The van der Waals surface area contributed by atoms with Crippen LogP contribution in [-0.2, 0) is 6.54 Å². The van der Waals surface area contributed by atoms with Crippen molar-refractivity contribution in [1.29, 1.82) is 0 Å². The summed E-state index contributed by atoms with van der Waals surface area (Å²) in [5.74, 6) is -1.34. The number of pyridine rings is 1.